The number of fused-ring (bicyclic) bond motifs is 1. The Labute approximate surface area is 191 Å². The summed E-state index contributed by atoms with van der Waals surface area (Å²) in [6.45, 7) is 1.86. The van der Waals surface area contributed by atoms with Crippen LogP contribution in [0.15, 0.2) is 42.5 Å². The second kappa shape index (κ2) is 8.55. The molecule has 0 aromatic heterocycles. The first-order valence-electron chi connectivity index (χ1n) is 10.9. The number of carbonyl (C=O) groups is 1. The van der Waals surface area contributed by atoms with Crippen molar-refractivity contribution in [2.24, 2.45) is 11.7 Å². The Kier molecular flexibility index (Phi) is 6.16. The van der Waals surface area contributed by atoms with E-state index in [4.69, 9.17) is 5.73 Å². The molecule has 3 nitrogen and oxygen atoms in total. The highest BCUT2D eigenvalue weighted by Gasteiger charge is 2.51. The summed E-state index contributed by atoms with van der Waals surface area (Å²) in [5, 5.41) is 0. The fourth-order valence-corrected chi connectivity index (χ4v) is 5.39. The van der Waals surface area contributed by atoms with E-state index in [-0.39, 0.29) is 54.8 Å². The smallest absolute Gasteiger partial charge is 0.337 e. The zero-order valence-corrected chi connectivity index (χ0v) is 18.1. The zero-order valence-electron chi connectivity index (χ0n) is 18.1. The van der Waals surface area contributed by atoms with E-state index >= 15 is 0 Å². The molecule has 184 valence electrons. The van der Waals surface area contributed by atoms with Crippen LogP contribution in [0.3, 0.4) is 0 Å². The van der Waals surface area contributed by atoms with E-state index < -0.39 is 41.3 Å². The quantitative estimate of drug-likeness (QED) is 0.562. The summed E-state index contributed by atoms with van der Waals surface area (Å²) >= 11 is 0. The molecule has 0 radical (unpaired) electrons. The molecule has 34 heavy (non-hydrogen) atoms. The van der Waals surface area contributed by atoms with Crippen molar-refractivity contribution in [1.29, 1.82) is 0 Å². The van der Waals surface area contributed by atoms with Gasteiger partial charge < -0.3 is 10.6 Å². The van der Waals surface area contributed by atoms with Crippen LogP contribution in [0.25, 0.3) is 0 Å². The van der Waals surface area contributed by atoms with Crippen molar-refractivity contribution in [3.05, 3.63) is 70.5 Å². The molecule has 2 aromatic rings. The maximum atomic E-state index is 13.5. The number of nitrogens with zero attached hydrogens (tertiary/aromatic N) is 1. The minimum Gasteiger partial charge on any atom is -0.337 e. The first kappa shape index (κ1) is 24.5. The molecule has 0 bridgehead atoms. The summed E-state index contributed by atoms with van der Waals surface area (Å²) in [7, 11) is 0. The Morgan fingerprint density at radius 1 is 1.00 bits per heavy atom. The second-order valence-electron chi connectivity index (χ2n) is 9.22. The first-order valence-corrected chi connectivity index (χ1v) is 10.9. The van der Waals surface area contributed by atoms with Gasteiger partial charge in [0.2, 0.25) is 5.91 Å². The number of rotatable bonds is 4. The Morgan fingerprint density at radius 2 is 1.56 bits per heavy atom. The molecule has 2 aromatic carbocycles. The van der Waals surface area contributed by atoms with Crippen molar-refractivity contribution in [3.8, 4) is 0 Å². The fraction of sp³-hybridized carbons (Fsp3) is 0.458. The van der Waals surface area contributed by atoms with Gasteiger partial charge in [0.1, 0.15) is 5.82 Å². The molecule has 4 rings (SSSR count). The van der Waals surface area contributed by atoms with E-state index in [1.54, 1.807) is 24.0 Å². The topological polar surface area (TPSA) is 46.3 Å². The molecule has 10 heteroatoms. The van der Waals surface area contributed by atoms with Gasteiger partial charge in [0.25, 0.3) is 0 Å². The zero-order chi connectivity index (χ0) is 25.0. The molecule has 2 aliphatic heterocycles. The van der Waals surface area contributed by atoms with Gasteiger partial charge in [-0.05, 0) is 59.7 Å². The standard InChI is InChI=1S/C24H23F7N2O/c1-12(14-7-16(23(26,27)28)9-17(8-14)24(29,30)31)6-15-11-33-20(34)10-19(32)22(33)21(15)13-2-4-18(25)5-3-13/h2-5,7-9,12,15,19,21-22H,6,10-11,32H2,1H3/t12-,15-,19?,21?,22-/m0/s1. The lowest BCUT2D eigenvalue weighted by Gasteiger charge is -2.28. The molecule has 2 aliphatic rings. The van der Waals surface area contributed by atoms with Gasteiger partial charge in [-0.3, -0.25) is 4.79 Å². The first-order chi connectivity index (χ1) is 15.8. The van der Waals surface area contributed by atoms with Gasteiger partial charge in [-0.15, -0.1) is 0 Å². The number of hydrogen-bond donors (Lipinski definition) is 1. The number of carbonyl (C=O) groups excluding carboxylic acids is 1. The van der Waals surface area contributed by atoms with Gasteiger partial charge in [-0.2, -0.15) is 26.3 Å². The lowest BCUT2D eigenvalue weighted by Crippen LogP contribution is -2.39. The molecule has 5 atom stereocenters. The van der Waals surface area contributed by atoms with Crippen molar-refractivity contribution in [2.75, 3.05) is 6.54 Å². The third kappa shape index (κ3) is 4.64. The molecule has 1 amide bonds. The van der Waals surface area contributed by atoms with Crippen LogP contribution in [0.2, 0.25) is 0 Å². The van der Waals surface area contributed by atoms with Gasteiger partial charge in [0, 0.05) is 24.9 Å². The summed E-state index contributed by atoms with van der Waals surface area (Å²) < 4.78 is 93.3. The molecule has 0 saturated carbocycles. The van der Waals surface area contributed by atoms with Crippen LogP contribution in [0.4, 0.5) is 30.7 Å². The predicted octanol–water partition coefficient (Wildman–Crippen LogP) is 5.70. The van der Waals surface area contributed by atoms with Crippen LogP contribution in [0.5, 0.6) is 0 Å². The number of nitrogens with two attached hydrogens (primary N) is 1. The average molecular weight is 488 g/mol. The van der Waals surface area contributed by atoms with Gasteiger partial charge in [-0.1, -0.05) is 19.1 Å². The van der Waals surface area contributed by atoms with Gasteiger partial charge >= 0.3 is 12.4 Å². The number of amides is 1. The number of halogens is 7. The SMILES string of the molecule is C[C@@H](C[C@H]1CN2C(=O)CC(N)[C@H]2C1c1ccc(F)cc1)c1cc(C(F)(F)F)cc(C(F)(F)F)c1. The molecule has 0 aliphatic carbocycles. The third-order valence-electron chi connectivity index (χ3n) is 6.93. The number of hydrogen-bond acceptors (Lipinski definition) is 2. The van der Waals surface area contributed by atoms with Crippen molar-refractivity contribution in [2.45, 2.75) is 56.0 Å². The van der Waals surface area contributed by atoms with E-state index in [2.05, 4.69) is 0 Å². The minimum absolute atomic E-state index is 0.0808. The van der Waals surface area contributed by atoms with Crippen molar-refractivity contribution < 1.29 is 35.5 Å². The van der Waals surface area contributed by atoms with E-state index in [1.807, 2.05) is 0 Å². The van der Waals surface area contributed by atoms with Crippen LogP contribution >= 0.6 is 0 Å². The molecule has 2 fully saturated rings. The van der Waals surface area contributed by atoms with Crippen molar-refractivity contribution in [1.82, 2.24) is 4.90 Å². The molecular weight excluding hydrogens is 465 g/mol. The van der Waals surface area contributed by atoms with Crippen molar-refractivity contribution in [3.63, 3.8) is 0 Å². The average Bonchev–Trinajstić information content (AvgIpc) is 3.24. The summed E-state index contributed by atoms with van der Waals surface area (Å²) in [4.78, 5) is 14.1. The summed E-state index contributed by atoms with van der Waals surface area (Å²) in [6.07, 6.45) is -9.47. The fourth-order valence-electron chi connectivity index (χ4n) is 5.39. The van der Waals surface area contributed by atoms with Gasteiger partial charge in [0.15, 0.2) is 0 Å². The maximum absolute atomic E-state index is 13.5. The summed E-state index contributed by atoms with van der Waals surface area (Å²) in [5.41, 5.74) is 4.16. The Hall–Kier alpha value is -2.62. The van der Waals surface area contributed by atoms with Crippen LogP contribution in [-0.2, 0) is 17.1 Å². The molecule has 2 unspecified atom stereocenters. The second-order valence-corrected chi connectivity index (χ2v) is 9.22. The van der Waals surface area contributed by atoms with Gasteiger partial charge in [0.05, 0.1) is 17.2 Å². The predicted molar refractivity (Wildman–Crippen MR) is 110 cm³/mol. The molecular formula is C24H23F7N2O. The van der Waals surface area contributed by atoms with E-state index in [1.165, 1.54) is 12.1 Å². The molecule has 2 heterocycles. The Morgan fingerprint density at radius 3 is 2.09 bits per heavy atom. The van der Waals surface area contributed by atoms with Crippen molar-refractivity contribution >= 4 is 5.91 Å². The normalized spacial score (nSPS) is 26.1. The molecule has 2 saturated heterocycles. The van der Waals surface area contributed by atoms with Crippen LogP contribution < -0.4 is 5.73 Å². The lowest BCUT2D eigenvalue weighted by atomic mass is 9.77. The summed E-state index contributed by atoms with van der Waals surface area (Å²) in [5.74, 6) is -1.83. The molecule has 0 spiro atoms. The number of benzene rings is 2. The monoisotopic (exact) mass is 488 g/mol. The van der Waals surface area contributed by atoms with E-state index in [9.17, 15) is 35.5 Å². The lowest BCUT2D eigenvalue weighted by molar-refractivity contribution is -0.143. The largest absolute Gasteiger partial charge is 0.416 e. The van der Waals surface area contributed by atoms with E-state index in [0.717, 1.165) is 17.7 Å². The van der Waals surface area contributed by atoms with E-state index in [0.29, 0.717) is 0 Å². The highest BCUT2D eigenvalue weighted by atomic mass is 19.4. The highest BCUT2D eigenvalue weighted by Crippen LogP contribution is 2.47. The highest BCUT2D eigenvalue weighted by molar-refractivity contribution is 5.81. The number of alkyl halides is 6. The summed E-state index contributed by atoms with van der Waals surface area (Å²) in [6, 6.07) is 6.52. The van der Waals surface area contributed by atoms with Crippen LogP contribution in [0, 0.1) is 11.7 Å². The maximum Gasteiger partial charge on any atom is 0.416 e. The van der Waals surface area contributed by atoms with Gasteiger partial charge in [-0.25, -0.2) is 4.39 Å². The van der Waals surface area contributed by atoms with Crippen LogP contribution in [0.1, 0.15) is 53.9 Å². The minimum atomic E-state index is -4.93. The Balaban J connectivity index is 1.68. The molecule has 2 N–H and O–H groups in total. The third-order valence-corrected chi connectivity index (χ3v) is 6.93. The Bertz CT molecular complexity index is 1030. The van der Waals surface area contributed by atoms with Crippen LogP contribution in [-0.4, -0.2) is 29.4 Å².